The maximum absolute atomic E-state index is 10.6. The maximum atomic E-state index is 10.6. The number of rotatable bonds is 4. The smallest absolute Gasteiger partial charge is 0.338 e. The van der Waals surface area contributed by atoms with E-state index in [0.29, 0.717) is 0 Å². The first-order valence-corrected chi connectivity index (χ1v) is 3.26. The van der Waals surface area contributed by atoms with Crippen molar-refractivity contribution in [2.75, 3.05) is 6.61 Å². The van der Waals surface area contributed by atoms with Crippen LogP contribution in [-0.4, -0.2) is 46.1 Å². The van der Waals surface area contributed by atoms with E-state index in [9.17, 15) is 9.59 Å². The third-order valence-corrected chi connectivity index (χ3v) is 1.08. The summed E-state index contributed by atoms with van der Waals surface area (Å²) >= 11 is 0. The van der Waals surface area contributed by atoms with Crippen LogP contribution < -0.4 is 0 Å². The van der Waals surface area contributed by atoms with Crippen LogP contribution in [0.1, 0.15) is 6.92 Å². The average Bonchev–Trinajstić information content (AvgIpc) is 2.02. The van der Waals surface area contributed by atoms with E-state index in [0.717, 1.165) is 0 Å². The first kappa shape index (κ1) is 10.9. The number of aliphatic carboxylic acids is 1. The molecule has 0 radical (unpaired) electrons. The fraction of sp³-hybridized carbons (Fsp3) is 0.667. The van der Waals surface area contributed by atoms with E-state index in [-0.39, 0.29) is 6.61 Å². The number of hydrogen-bond acceptors (Lipinski definition) is 5. The lowest BCUT2D eigenvalue weighted by molar-refractivity contribution is -0.169. The number of carbonyl (C=O) groups excluding carboxylic acids is 1. The molecule has 0 aliphatic heterocycles. The largest absolute Gasteiger partial charge is 0.479 e. The summed E-state index contributed by atoms with van der Waals surface area (Å²) in [5.74, 6) is -2.82. The van der Waals surface area contributed by atoms with Gasteiger partial charge in [0.15, 0.2) is 12.2 Å². The second-order valence-electron chi connectivity index (χ2n) is 1.98. The van der Waals surface area contributed by atoms with Crippen LogP contribution in [0.15, 0.2) is 0 Å². The van der Waals surface area contributed by atoms with Gasteiger partial charge in [0.05, 0.1) is 6.61 Å². The van der Waals surface area contributed by atoms with Crippen molar-refractivity contribution in [3.8, 4) is 0 Å². The summed E-state index contributed by atoms with van der Waals surface area (Å²) in [7, 11) is 0. The van der Waals surface area contributed by atoms with Crippen molar-refractivity contribution in [2.24, 2.45) is 0 Å². The number of esters is 1. The van der Waals surface area contributed by atoms with Crippen molar-refractivity contribution in [3.63, 3.8) is 0 Å². The van der Waals surface area contributed by atoms with Crippen molar-refractivity contribution in [2.45, 2.75) is 19.1 Å². The van der Waals surface area contributed by atoms with E-state index in [2.05, 4.69) is 4.74 Å². The van der Waals surface area contributed by atoms with Crippen LogP contribution in [0.4, 0.5) is 0 Å². The van der Waals surface area contributed by atoms with Crippen molar-refractivity contribution >= 4 is 11.9 Å². The number of carboxylic acid groups (broad SMARTS) is 1. The monoisotopic (exact) mass is 178 g/mol. The van der Waals surface area contributed by atoms with E-state index >= 15 is 0 Å². The molecule has 0 aliphatic carbocycles. The Morgan fingerprint density at radius 1 is 1.33 bits per heavy atom. The topological polar surface area (TPSA) is 104 Å². The van der Waals surface area contributed by atoms with Crippen molar-refractivity contribution in [3.05, 3.63) is 0 Å². The average molecular weight is 178 g/mol. The standard InChI is InChI=1S/C6H10O6/c1-2-12-6(11)4(8)3(7)5(9)10/h3-4,7-8H,2H2,1H3,(H,9,10). The summed E-state index contributed by atoms with van der Waals surface area (Å²) in [5, 5.41) is 25.6. The number of ether oxygens (including phenoxy) is 1. The number of carbonyl (C=O) groups is 2. The lowest BCUT2D eigenvalue weighted by Crippen LogP contribution is -2.40. The molecule has 0 bridgehead atoms. The van der Waals surface area contributed by atoms with Crippen molar-refractivity contribution in [1.29, 1.82) is 0 Å². The summed E-state index contributed by atoms with van der Waals surface area (Å²) in [6.07, 6.45) is -4.16. The Balaban J connectivity index is 4.09. The Morgan fingerprint density at radius 2 is 1.83 bits per heavy atom. The van der Waals surface area contributed by atoms with Gasteiger partial charge in [-0.05, 0) is 6.92 Å². The van der Waals surface area contributed by atoms with Crippen LogP contribution in [0, 0.1) is 0 Å². The normalized spacial score (nSPS) is 14.9. The van der Waals surface area contributed by atoms with Gasteiger partial charge in [0, 0.05) is 0 Å². The number of aliphatic hydroxyl groups is 2. The molecule has 0 aromatic rings. The number of aliphatic hydroxyl groups excluding tert-OH is 2. The Hall–Kier alpha value is -1.14. The maximum Gasteiger partial charge on any atom is 0.338 e. The summed E-state index contributed by atoms with van der Waals surface area (Å²) in [6.45, 7) is 1.51. The highest BCUT2D eigenvalue weighted by Gasteiger charge is 2.30. The van der Waals surface area contributed by atoms with Crippen LogP contribution >= 0.6 is 0 Å². The predicted octanol–water partition coefficient (Wildman–Crippen LogP) is -1.64. The molecule has 0 heterocycles. The molecular formula is C6H10O6. The molecule has 0 aromatic heterocycles. The van der Waals surface area contributed by atoms with Crippen LogP contribution in [0.3, 0.4) is 0 Å². The quantitative estimate of drug-likeness (QED) is 0.446. The van der Waals surface area contributed by atoms with Gasteiger partial charge in [0.25, 0.3) is 0 Å². The number of carboxylic acids is 1. The van der Waals surface area contributed by atoms with Gasteiger partial charge >= 0.3 is 11.9 Å². The van der Waals surface area contributed by atoms with Gasteiger partial charge < -0.3 is 20.1 Å². The fourth-order valence-corrected chi connectivity index (χ4v) is 0.492. The highest BCUT2D eigenvalue weighted by atomic mass is 16.5. The molecule has 2 atom stereocenters. The van der Waals surface area contributed by atoms with Gasteiger partial charge in [-0.2, -0.15) is 0 Å². The highest BCUT2D eigenvalue weighted by molar-refractivity contribution is 5.84. The summed E-state index contributed by atoms with van der Waals surface area (Å²) in [4.78, 5) is 20.6. The zero-order valence-electron chi connectivity index (χ0n) is 6.43. The Labute approximate surface area is 68.4 Å². The molecule has 0 spiro atoms. The highest BCUT2D eigenvalue weighted by Crippen LogP contribution is 1.96. The van der Waals surface area contributed by atoms with Gasteiger partial charge in [-0.25, -0.2) is 9.59 Å². The van der Waals surface area contributed by atoms with E-state index < -0.39 is 24.1 Å². The van der Waals surface area contributed by atoms with Crippen LogP contribution in [-0.2, 0) is 14.3 Å². The minimum absolute atomic E-state index is 0.0161. The van der Waals surface area contributed by atoms with Crippen molar-refractivity contribution < 1.29 is 29.6 Å². The first-order chi connectivity index (χ1) is 5.50. The predicted molar refractivity (Wildman–Crippen MR) is 36.3 cm³/mol. The molecule has 70 valence electrons. The summed E-state index contributed by atoms with van der Waals surface area (Å²) in [6, 6.07) is 0. The van der Waals surface area contributed by atoms with E-state index in [1.807, 2.05) is 0 Å². The lowest BCUT2D eigenvalue weighted by atomic mass is 10.2. The molecule has 0 fully saturated rings. The van der Waals surface area contributed by atoms with Gasteiger partial charge in [0.2, 0.25) is 0 Å². The molecule has 6 nitrogen and oxygen atoms in total. The van der Waals surface area contributed by atoms with E-state index in [4.69, 9.17) is 15.3 Å². The van der Waals surface area contributed by atoms with E-state index in [1.165, 1.54) is 6.92 Å². The third kappa shape index (κ3) is 2.85. The minimum atomic E-state index is -2.14. The molecule has 0 rings (SSSR count). The minimum Gasteiger partial charge on any atom is -0.479 e. The molecule has 0 amide bonds. The van der Waals surface area contributed by atoms with Crippen molar-refractivity contribution in [1.82, 2.24) is 0 Å². The summed E-state index contributed by atoms with van der Waals surface area (Å²) in [5.41, 5.74) is 0. The molecule has 0 aromatic carbocycles. The number of hydrogen-bond donors (Lipinski definition) is 3. The fourth-order valence-electron chi connectivity index (χ4n) is 0.492. The van der Waals surface area contributed by atoms with E-state index in [1.54, 1.807) is 0 Å². The molecule has 2 unspecified atom stereocenters. The van der Waals surface area contributed by atoms with Crippen LogP contribution in [0.25, 0.3) is 0 Å². The van der Waals surface area contributed by atoms with Crippen LogP contribution in [0.2, 0.25) is 0 Å². The van der Waals surface area contributed by atoms with Crippen LogP contribution in [0.5, 0.6) is 0 Å². The Kier molecular flexibility index (Phi) is 4.24. The third-order valence-electron chi connectivity index (χ3n) is 1.08. The molecule has 3 N–H and O–H groups in total. The molecule has 12 heavy (non-hydrogen) atoms. The molecule has 0 aliphatic rings. The van der Waals surface area contributed by atoms with Gasteiger partial charge in [0.1, 0.15) is 0 Å². The zero-order valence-corrected chi connectivity index (χ0v) is 6.43. The zero-order chi connectivity index (χ0) is 9.72. The van der Waals surface area contributed by atoms with Gasteiger partial charge in [-0.15, -0.1) is 0 Å². The Morgan fingerprint density at radius 3 is 2.17 bits per heavy atom. The molecular weight excluding hydrogens is 168 g/mol. The van der Waals surface area contributed by atoms with Gasteiger partial charge in [-0.1, -0.05) is 0 Å². The molecule has 0 saturated carbocycles. The molecule has 0 saturated heterocycles. The lowest BCUT2D eigenvalue weighted by Gasteiger charge is -2.11. The second-order valence-corrected chi connectivity index (χ2v) is 1.98. The second kappa shape index (κ2) is 4.68. The SMILES string of the molecule is CCOC(=O)C(O)C(O)C(=O)O. The first-order valence-electron chi connectivity index (χ1n) is 3.26. The van der Waals surface area contributed by atoms with Gasteiger partial charge in [-0.3, -0.25) is 0 Å². The summed E-state index contributed by atoms with van der Waals surface area (Å²) < 4.78 is 4.26. The molecule has 6 heteroatoms. The Bertz CT molecular complexity index is 177.